The number of aryl methyl sites for hydroxylation is 1. The Labute approximate surface area is 155 Å². The lowest BCUT2D eigenvalue weighted by atomic mass is 10.1. The first-order valence-corrected chi connectivity index (χ1v) is 10.7. The highest BCUT2D eigenvalue weighted by atomic mass is 32.2. The number of guanidine groups is 1. The predicted molar refractivity (Wildman–Crippen MR) is 101 cm³/mol. The lowest BCUT2D eigenvalue weighted by Crippen LogP contribution is -2.42. The first kappa shape index (κ1) is 20.7. The van der Waals surface area contributed by atoms with Gasteiger partial charge in [0.2, 0.25) is 10.0 Å². The van der Waals surface area contributed by atoms with E-state index >= 15 is 0 Å². The van der Waals surface area contributed by atoms with Crippen LogP contribution in [0.25, 0.3) is 0 Å². The van der Waals surface area contributed by atoms with Gasteiger partial charge >= 0.3 is 0 Å². The molecule has 0 amide bonds. The normalized spacial score (nSPS) is 18.7. The topological polar surface area (TPSA) is 110 Å². The fraction of sp³-hybridized carbons (Fsp3) is 0.750. The Hall–Kier alpha value is -1.65. The molecule has 0 aliphatic carbocycles. The van der Waals surface area contributed by atoms with E-state index in [2.05, 4.69) is 25.4 Å². The molecule has 1 aromatic heterocycles. The van der Waals surface area contributed by atoms with Gasteiger partial charge in [-0.1, -0.05) is 0 Å². The summed E-state index contributed by atoms with van der Waals surface area (Å²) >= 11 is 0. The minimum absolute atomic E-state index is 0.00994. The third-order valence-corrected chi connectivity index (χ3v) is 5.48. The van der Waals surface area contributed by atoms with Crippen molar-refractivity contribution in [3.05, 3.63) is 18.0 Å². The van der Waals surface area contributed by atoms with Crippen molar-refractivity contribution < 1.29 is 13.2 Å². The number of rotatable bonds is 9. The van der Waals surface area contributed by atoms with E-state index in [9.17, 15) is 8.42 Å². The largest absolute Gasteiger partial charge is 0.377 e. The second-order valence-electron chi connectivity index (χ2n) is 6.22. The second-order valence-corrected chi connectivity index (χ2v) is 8.15. The molecule has 1 aliphatic rings. The third kappa shape index (κ3) is 7.30. The molecule has 0 radical (unpaired) electrons. The Kier molecular flexibility index (Phi) is 8.33. The van der Waals surface area contributed by atoms with Crippen molar-refractivity contribution in [2.45, 2.75) is 38.8 Å². The first-order chi connectivity index (χ1) is 12.5. The summed E-state index contributed by atoms with van der Waals surface area (Å²) in [7, 11) is -1.49. The molecular weight excluding hydrogens is 356 g/mol. The number of aliphatic imine (C=N–C) groups is 1. The van der Waals surface area contributed by atoms with Crippen LogP contribution >= 0.6 is 0 Å². The highest BCUT2D eigenvalue weighted by Gasteiger charge is 2.17. The molecule has 1 unspecified atom stereocenters. The van der Waals surface area contributed by atoms with Crippen molar-refractivity contribution in [1.82, 2.24) is 25.1 Å². The summed E-state index contributed by atoms with van der Waals surface area (Å²) in [5, 5.41) is 10.3. The predicted octanol–water partition coefficient (Wildman–Crippen LogP) is -0.0363. The lowest BCUT2D eigenvalue weighted by molar-refractivity contribution is 0.0200. The molecule has 0 bridgehead atoms. The minimum atomic E-state index is -3.35. The van der Waals surface area contributed by atoms with Crippen LogP contribution in [0.4, 0.5) is 0 Å². The Morgan fingerprint density at radius 3 is 2.92 bits per heavy atom. The van der Waals surface area contributed by atoms with Gasteiger partial charge in [-0.15, -0.1) is 0 Å². The first-order valence-electron chi connectivity index (χ1n) is 9.08. The van der Waals surface area contributed by atoms with Crippen LogP contribution in [0.3, 0.4) is 0 Å². The van der Waals surface area contributed by atoms with Crippen molar-refractivity contribution >= 4 is 16.0 Å². The molecule has 1 aromatic rings. The van der Waals surface area contributed by atoms with Gasteiger partial charge in [0.15, 0.2) is 5.96 Å². The van der Waals surface area contributed by atoms with E-state index in [0.29, 0.717) is 32.2 Å². The molecule has 1 saturated heterocycles. The van der Waals surface area contributed by atoms with Crippen molar-refractivity contribution in [2.24, 2.45) is 12.0 Å². The molecule has 3 N–H and O–H groups in total. The van der Waals surface area contributed by atoms with E-state index in [1.165, 1.54) is 0 Å². The molecule has 1 fully saturated rings. The molecular formula is C16H30N6O3S. The summed E-state index contributed by atoms with van der Waals surface area (Å²) in [5.74, 6) is 0.565. The van der Waals surface area contributed by atoms with Gasteiger partial charge in [-0.2, -0.15) is 5.10 Å². The summed E-state index contributed by atoms with van der Waals surface area (Å²) in [5.41, 5.74) is 0.976. The van der Waals surface area contributed by atoms with Crippen LogP contribution in [-0.2, 0) is 28.4 Å². The molecule has 2 heterocycles. The van der Waals surface area contributed by atoms with Crippen LogP contribution < -0.4 is 15.4 Å². The monoisotopic (exact) mass is 386 g/mol. The highest BCUT2D eigenvalue weighted by molar-refractivity contribution is 7.89. The molecule has 26 heavy (non-hydrogen) atoms. The molecule has 1 atom stereocenters. The fourth-order valence-electron chi connectivity index (χ4n) is 2.62. The molecule has 10 heteroatoms. The Balaban J connectivity index is 1.75. The molecule has 0 spiro atoms. The fourth-order valence-corrected chi connectivity index (χ4v) is 3.58. The van der Waals surface area contributed by atoms with E-state index in [4.69, 9.17) is 4.74 Å². The summed E-state index contributed by atoms with van der Waals surface area (Å²) in [6.45, 7) is 4.46. The molecule has 9 nitrogen and oxygen atoms in total. The van der Waals surface area contributed by atoms with Gasteiger partial charge in [-0.3, -0.25) is 4.68 Å². The zero-order valence-corrected chi connectivity index (χ0v) is 16.4. The van der Waals surface area contributed by atoms with Crippen molar-refractivity contribution in [3.8, 4) is 0 Å². The summed E-state index contributed by atoms with van der Waals surface area (Å²) in [4.78, 5) is 4.45. The van der Waals surface area contributed by atoms with Crippen LogP contribution in [0, 0.1) is 0 Å². The van der Waals surface area contributed by atoms with Gasteiger partial charge in [0.1, 0.15) is 0 Å². The zero-order chi connectivity index (χ0) is 18.8. The molecule has 1 aliphatic heterocycles. The van der Waals surface area contributed by atoms with Crippen LogP contribution in [-0.4, -0.2) is 62.3 Å². The average molecular weight is 387 g/mol. The number of hydrogen-bond donors (Lipinski definition) is 3. The highest BCUT2D eigenvalue weighted by Crippen LogP contribution is 2.11. The van der Waals surface area contributed by atoms with Gasteiger partial charge in [0.05, 0.1) is 24.1 Å². The Morgan fingerprint density at radius 2 is 2.27 bits per heavy atom. The van der Waals surface area contributed by atoms with E-state index in [1.807, 2.05) is 20.0 Å². The number of aromatic nitrogens is 2. The van der Waals surface area contributed by atoms with E-state index < -0.39 is 10.0 Å². The molecule has 0 aromatic carbocycles. The van der Waals surface area contributed by atoms with E-state index in [0.717, 1.165) is 25.0 Å². The van der Waals surface area contributed by atoms with E-state index in [-0.39, 0.29) is 18.4 Å². The number of sulfonamides is 1. The van der Waals surface area contributed by atoms with Gasteiger partial charge in [0, 0.05) is 39.5 Å². The summed E-state index contributed by atoms with van der Waals surface area (Å²) in [6, 6.07) is 1.90. The molecule has 2 rings (SSSR count). The maximum Gasteiger partial charge on any atom is 0.213 e. The standard InChI is InChI=1S/C16H30N6O3S/c1-3-17-16(19-12-14-7-8-20-22(14)2)18-9-11-26(23,24)21-13-15-6-4-5-10-25-15/h7-8,15,21H,3-6,9-13H2,1-2H3,(H2,17,18,19). The zero-order valence-electron chi connectivity index (χ0n) is 15.6. The molecule has 0 saturated carbocycles. The van der Waals surface area contributed by atoms with Gasteiger partial charge < -0.3 is 15.4 Å². The Morgan fingerprint density at radius 1 is 1.42 bits per heavy atom. The summed E-state index contributed by atoms with van der Waals surface area (Å²) in [6.07, 6.45) is 4.76. The maximum absolute atomic E-state index is 12.1. The summed E-state index contributed by atoms with van der Waals surface area (Å²) < 4.78 is 34.2. The van der Waals surface area contributed by atoms with Crippen molar-refractivity contribution in [1.29, 1.82) is 0 Å². The lowest BCUT2D eigenvalue weighted by Gasteiger charge is -2.22. The van der Waals surface area contributed by atoms with Crippen LogP contribution in [0.2, 0.25) is 0 Å². The second kappa shape index (κ2) is 10.5. The number of ether oxygens (including phenoxy) is 1. The van der Waals surface area contributed by atoms with Gasteiger partial charge in [-0.25, -0.2) is 18.1 Å². The maximum atomic E-state index is 12.1. The van der Waals surface area contributed by atoms with Gasteiger partial charge in [-0.05, 0) is 32.3 Å². The minimum Gasteiger partial charge on any atom is -0.377 e. The number of nitrogens with one attached hydrogen (secondary N) is 3. The SMILES string of the molecule is CCNC(=NCc1ccnn1C)NCCS(=O)(=O)NCC1CCCCO1. The van der Waals surface area contributed by atoms with Crippen molar-refractivity contribution in [3.63, 3.8) is 0 Å². The van der Waals surface area contributed by atoms with Crippen LogP contribution in [0.15, 0.2) is 17.3 Å². The Bertz CT molecular complexity index is 667. The molecule has 148 valence electrons. The van der Waals surface area contributed by atoms with Gasteiger partial charge in [0.25, 0.3) is 0 Å². The van der Waals surface area contributed by atoms with Crippen LogP contribution in [0.5, 0.6) is 0 Å². The third-order valence-electron chi connectivity index (χ3n) is 4.13. The quantitative estimate of drug-likeness (QED) is 0.406. The van der Waals surface area contributed by atoms with Crippen molar-refractivity contribution in [2.75, 3.05) is 32.0 Å². The number of hydrogen-bond acceptors (Lipinski definition) is 5. The average Bonchev–Trinajstić information content (AvgIpc) is 3.04. The van der Waals surface area contributed by atoms with E-state index in [1.54, 1.807) is 10.9 Å². The van der Waals surface area contributed by atoms with Crippen LogP contribution in [0.1, 0.15) is 31.9 Å². The smallest absolute Gasteiger partial charge is 0.213 e. The number of nitrogens with zero attached hydrogens (tertiary/aromatic N) is 3.